The van der Waals surface area contributed by atoms with Crippen LogP contribution in [0, 0.1) is 5.92 Å². The number of carbonyl (C=O) groups excluding carboxylic acids is 1. The number of hydrogen-bond donors (Lipinski definition) is 1. The Morgan fingerprint density at radius 2 is 1.81 bits per heavy atom. The summed E-state index contributed by atoms with van der Waals surface area (Å²) in [6.07, 6.45) is 10.0. The summed E-state index contributed by atoms with van der Waals surface area (Å²) < 4.78 is 0. The fourth-order valence-electron chi connectivity index (χ4n) is 4.86. The summed E-state index contributed by atoms with van der Waals surface area (Å²) in [5.41, 5.74) is 2.79. The summed E-state index contributed by atoms with van der Waals surface area (Å²) in [5.74, 6) is 2.25. The maximum Gasteiger partial charge on any atom is 0.225 e. The quantitative estimate of drug-likeness (QED) is 0.608. The highest BCUT2D eigenvalue weighted by Gasteiger charge is 2.32. The van der Waals surface area contributed by atoms with E-state index in [4.69, 9.17) is 9.97 Å². The molecule has 6 heteroatoms. The Morgan fingerprint density at radius 1 is 0.969 bits per heavy atom. The SMILES string of the molecule is O=C(C1CCCC1)N1CCC[C@@H](c2nc(Nc3ccccc3)cc(-c3cccnc3)n2)C1. The Kier molecular flexibility index (Phi) is 6.10. The largest absolute Gasteiger partial charge is 0.342 e. The molecule has 1 N–H and O–H groups in total. The van der Waals surface area contributed by atoms with Crippen LogP contribution in [-0.4, -0.2) is 38.8 Å². The summed E-state index contributed by atoms with van der Waals surface area (Å²) in [5, 5.41) is 3.42. The van der Waals surface area contributed by atoms with Crippen molar-refractivity contribution < 1.29 is 4.79 Å². The monoisotopic (exact) mass is 427 g/mol. The fourth-order valence-corrected chi connectivity index (χ4v) is 4.86. The van der Waals surface area contributed by atoms with Crippen LogP contribution in [0.25, 0.3) is 11.3 Å². The number of pyridine rings is 1. The molecule has 32 heavy (non-hydrogen) atoms. The third kappa shape index (κ3) is 4.64. The lowest BCUT2D eigenvalue weighted by atomic mass is 9.95. The molecule has 1 atom stereocenters. The Bertz CT molecular complexity index is 1050. The van der Waals surface area contributed by atoms with Crippen molar-refractivity contribution in [3.63, 3.8) is 0 Å². The lowest BCUT2D eigenvalue weighted by Crippen LogP contribution is -2.42. The second-order valence-electron chi connectivity index (χ2n) is 8.83. The first-order valence-corrected chi connectivity index (χ1v) is 11.7. The number of anilines is 2. The van der Waals surface area contributed by atoms with Crippen molar-refractivity contribution in [3.05, 3.63) is 66.7 Å². The highest BCUT2D eigenvalue weighted by Crippen LogP contribution is 2.32. The molecule has 0 unspecified atom stereocenters. The van der Waals surface area contributed by atoms with Crippen molar-refractivity contribution in [1.29, 1.82) is 0 Å². The number of aromatic nitrogens is 3. The molecule has 1 amide bonds. The Balaban J connectivity index is 1.44. The third-order valence-corrected chi connectivity index (χ3v) is 6.55. The molecule has 2 fully saturated rings. The maximum absolute atomic E-state index is 13.0. The summed E-state index contributed by atoms with van der Waals surface area (Å²) in [6.45, 7) is 1.56. The number of hydrogen-bond acceptors (Lipinski definition) is 5. The average Bonchev–Trinajstić information content (AvgIpc) is 3.40. The zero-order chi connectivity index (χ0) is 21.8. The molecular formula is C26H29N5O. The minimum atomic E-state index is 0.141. The van der Waals surface area contributed by atoms with Crippen molar-refractivity contribution in [1.82, 2.24) is 19.9 Å². The summed E-state index contributed by atoms with van der Waals surface area (Å²) in [4.78, 5) is 29.2. The Morgan fingerprint density at radius 3 is 2.59 bits per heavy atom. The van der Waals surface area contributed by atoms with Gasteiger partial charge in [-0.25, -0.2) is 9.97 Å². The first kappa shape index (κ1) is 20.6. The van der Waals surface area contributed by atoms with Gasteiger partial charge in [-0.15, -0.1) is 0 Å². The molecule has 1 aliphatic heterocycles. The van der Waals surface area contributed by atoms with Gasteiger partial charge >= 0.3 is 0 Å². The van der Waals surface area contributed by atoms with Gasteiger partial charge in [0.15, 0.2) is 0 Å². The zero-order valence-corrected chi connectivity index (χ0v) is 18.3. The molecule has 1 saturated carbocycles. The van der Waals surface area contributed by atoms with Crippen LogP contribution in [0.5, 0.6) is 0 Å². The normalized spacial score (nSPS) is 19.1. The van der Waals surface area contributed by atoms with Crippen LogP contribution in [-0.2, 0) is 4.79 Å². The molecule has 164 valence electrons. The smallest absolute Gasteiger partial charge is 0.225 e. The topological polar surface area (TPSA) is 71.0 Å². The number of benzene rings is 1. The van der Waals surface area contributed by atoms with E-state index in [0.29, 0.717) is 12.5 Å². The van der Waals surface area contributed by atoms with E-state index < -0.39 is 0 Å². The summed E-state index contributed by atoms with van der Waals surface area (Å²) in [7, 11) is 0. The van der Waals surface area contributed by atoms with Gasteiger partial charge in [-0.2, -0.15) is 0 Å². The molecule has 5 rings (SSSR count). The molecular weight excluding hydrogens is 398 g/mol. The Hall–Kier alpha value is -3.28. The predicted octanol–water partition coefficient (Wildman–Crippen LogP) is 5.18. The van der Waals surface area contributed by atoms with E-state index in [1.54, 1.807) is 6.20 Å². The molecule has 0 spiro atoms. The lowest BCUT2D eigenvalue weighted by molar-refractivity contribution is -0.136. The van der Waals surface area contributed by atoms with Crippen LogP contribution in [0.15, 0.2) is 60.9 Å². The van der Waals surface area contributed by atoms with E-state index in [1.165, 1.54) is 12.8 Å². The lowest BCUT2D eigenvalue weighted by Gasteiger charge is -2.34. The first-order valence-electron chi connectivity index (χ1n) is 11.7. The second-order valence-corrected chi connectivity index (χ2v) is 8.83. The minimum Gasteiger partial charge on any atom is -0.342 e. The predicted molar refractivity (Wildman–Crippen MR) is 126 cm³/mol. The van der Waals surface area contributed by atoms with Crippen molar-refractivity contribution in [2.45, 2.75) is 44.4 Å². The highest BCUT2D eigenvalue weighted by atomic mass is 16.2. The van der Waals surface area contributed by atoms with Gasteiger partial charge < -0.3 is 10.2 Å². The molecule has 3 heterocycles. The van der Waals surface area contributed by atoms with Crippen LogP contribution in [0.1, 0.15) is 50.3 Å². The standard InChI is InChI=1S/C26H29N5O/c32-26(19-8-4-5-9-19)31-15-7-11-21(18-31)25-29-23(20-10-6-14-27-17-20)16-24(30-25)28-22-12-2-1-3-13-22/h1-3,6,10,12-14,16-17,19,21H,4-5,7-9,11,15,18H2,(H,28,29,30)/t21-/m1/s1. The van der Waals surface area contributed by atoms with E-state index in [0.717, 1.165) is 60.8 Å². The number of nitrogens with one attached hydrogen (secondary N) is 1. The van der Waals surface area contributed by atoms with Crippen LogP contribution in [0.2, 0.25) is 0 Å². The number of para-hydroxylation sites is 1. The number of piperidine rings is 1. The van der Waals surface area contributed by atoms with E-state index >= 15 is 0 Å². The molecule has 1 aliphatic carbocycles. The van der Waals surface area contributed by atoms with E-state index in [9.17, 15) is 4.79 Å². The van der Waals surface area contributed by atoms with Crippen molar-refractivity contribution in [3.8, 4) is 11.3 Å². The van der Waals surface area contributed by atoms with E-state index in [2.05, 4.69) is 15.2 Å². The van der Waals surface area contributed by atoms with Gasteiger partial charge in [-0.05, 0) is 49.9 Å². The number of likely N-dealkylation sites (tertiary alicyclic amines) is 1. The molecule has 2 aliphatic rings. The molecule has 0 bridgehead atoms. The minimum absolute atomic E-state index is 0.141. The van der Waals surface area contributed by atoms with E-state index in [1.807, 2.05) is 54.7 Å². The molecule has 2 aromatic heterocycles. The first-order chi connectivity index (χ1) is 15.8. The summed E-state index contributed by atoms with van der Waals surface area (Å²) >= 11 is 0. The number of carbonyl (C=O) groups is 1. The number of rotatable bonds is 5. The van der Waals surface area contributed by atoms with Gasteiger partial charge in [0.25, 0.3) is 0 Å². The van der Waals surface area contributed by atoms with Gasteiger partial charge in [0, 0.05) is 54.6 Å². The Labute approximate surface area is 189 Å². The van der Waals surface area contributed by atoms with E-state index in [-0.39, 0.29) is 11.8 Å². The molecule has 1 aromatic carbocycles. The third-order valence-electron chi connectivity index (χ3n) is 6.55. The molecule has 3 aromatic rings. The zero-order valence-electron chi connectivity index (χ0n) is 18.3. The van der Waals surface area contributed by atoms with Gasteiger partial charge in [0.2, 0.25) is 5.91 Å². The summed E-state index contributed by atoms with van der Waals surface area (Å²) in [6, 6.07) is 15.9. The van der Waals surface area contributed by atoms with Crippen LogP contribution >= 0.6 is 0 Å². The number of amides is 1. The van der Waals surface area contributed by atoms with Gasteiger partial charge in [0.05, 0.1) is 5.69 Å². The van der Waals surface area contributed by atoms with Crippen molar-refractivity contribution in [2.75, 3.05) is 18.4 Å². The van der Waals surface area contributed by atoms with Crippen molar-refractivity contribution in [2.24, 2.45) is 5.92 Å². The van der Waals surface area contributed by atoms with Gasteiger partial charge in [-0.3, -0.25) is 9.78 Å². The second kappa shape index (κ2) is 9.47. The maximum atomic E-state index is 13.0. The molecule has 6 nitrogen and oxygen atoms in total. The number of nitrogens with zero attached hydrogens (tertiary/aromatic N) is 4. The highest BCUT2D eigenvalue weighted by molar-refractivity contribution is 5.79. The molecule has 1 saturated heterocycles. The van der Waals surface area contributed by atoms with Crippen LogP contribution in [0.4, 0.5) is 11.5 Å². The van der Waals surface area contributed by atoms with Crippen LogP contribution < -0.4 is 5.32 Å². The molecule has 0 radical (unpaired) electrons. The van der Waals surface area contributed by atoms with Gasteiger partial charge in [0.1, 0.15) is 11.6 Å². The van der Waals surface area contributed by atoms with Gasteiger partial charge in [-0.1, -0.05) is 31.0 Å². The fraction of sp³-hybridized carbons (Fsp3) is 0.385. The van der Waals surface area contributed by atoms with Crippen LogP contribution in [0.3, 0.4) is 0 Å². The average molecular weight is 428 g/mol. The van der Waals surface area contributed by atoms with Crippen molar-refractivity contribution >= 4 is 17.4 Å².